The van der Waals surface area contributed by atoms with Crippen molar-refractivity contribution in [3.8, 4) is 11.5 Å². The first-order valence-corrected chi connectivity index (χ1v) is 9.49. The van der Waals surface area contributed by atoms with Crippen LogP contribution in [0.3, 0.4) is 0 Å². The van der Waals surface area contributed by atoms with Crippen molar-refractivity contribution in [3.63, 3.8) is 0 Å². The Morgan fingerprint density at radius 1 is 1.07 bits per heavy atom. The first-order chi connectivity index (χ1) is 13.9. The summed E-state index contributed by atoms with van der Waals surface area (Å²) in [5.41, 5.74) is 4.77. The summed E-state index contributed by atoms with van der Waals surface area (Å²) in [6.07, 6.45) is 0. The van der Waals surface area contributed by atoms with E-state index in [4.69, 9.17) is 27.9 Å². The molecule has 5 nitrogen and oxygen atoms in total. The van der Waals surface area contributed by atoms with Gasteiger partial charge in [0.15, 0.2) is 0 Å². The van der Waals surface area contributed by atoms with Crippen LogP contribution < -0.4 is 10.2 Å². The van der Waals surface area contributed by atoms with E-state index in [1.807, 2.05) is 0 Å². The minimum Gasteiger partial charge on any atom is -0.507 e. The maximum Gasteiger partial charge on any atom is 0.271 e. The van der Waals surface area contributed by atoms with Gasteiger partial charge in [0, 0.05) is 26.7 Å². The first kappa shape index (κ1) is 20.7. The molecule has 1 amide bonds. The Kier molecular flexibility index (Phi) is 6.75. The lowest BCUT2D eigenvalue weighted by Crippen LogP contribution is -2.19. The van der Waals surface area contributed by atoms with Gasteiger partial charge >= 0.3 is 0 Å². The molecule has 0 atom stereocenters. The Labute approximate surface area is 178 Å². The standard InChI is InChI=1S/C22H18Cl2N2O3/c1-14(19-4-2-3-5-21(19)27)25-26-22(28)15-7-10-18(11-8-15)29-13-16-6-9-17(23)12-20(16)24/h2-12,27H,13H2,1H3,(H,26,28)/b25-14-. The average Bonchev–Trinajstić information content (AvgIpc) is 2.72. The Hall–Kier alpha value is -3.02. The van der Waals surface area contributed by atoms with Crippen molar-refractivity contribution in [1.29, 1.82) is 0 Å². The maximum atomic E-state index is 12.3. The van der Waals surface area contributed by atoms with E-state index in [0.717, 1.165) is 5.56 Å². The van der Waals surface area contributed by atoms with E-state index in [1.165, 1.54) is 0 Å². The van der Waals surface area contributed by atoms with Crippen molar-refractivity contribution in [2.75, 3.05) is 0 Å². The normalized spacial score (nSPS) is 11.2. The fraction of sp³-hybridized carbons (Fsp3) is 0.0909. The molecule has 0 aliphatic carbocycles. The molecule has 3 aromatic rings. The summed E-state index contributed by atoms with van der Waals surface area (Å²) in [5, 5.41) is 15.0. The van der Waals surface area contributed by atoms with Gasteiger partial charge in [-0.1, -0.05) is 41.4 Å². The number of nitrogens with zero attached hydrogens (tertiary/aromatic N) is 1. The van der Waals surface area contributed by atoms with Crippen molar-refractivity contribution in [1.82, 2.24) is 5.43 Å². The van der Waals surface area contributed by atoms with Crippen molar-refractivity contribution in [3.05, 3.63) is 93.5 Å². The Balaban J connectivity index is 1.60. The van der Waals surface area contributed by atoms with Crippen molar-refractivity contribution in [2.24, 2.45) is 5.10 Å². The largest absolute Gasteiger partial charge is 0.507 e. The Bertz CT molecular complexity index is 1050. The molecule has 0 fully saturated rings. The molecule has 0 heterocycles. The third-order valence-corrected chi connectivity index (χ3v) is 4.73. The van der Waals surface area contributed by atoms with E-state index in [1.54, 1.807) is 73.7 Å². The summed E-state index contributed by atoms with van der Waals surface area (Å²) in [6, 6.07) is 18.7. The lowest BCUT2D eigenvalue weighted by molar-refractivity contribution is 0.0954. The van der Waals surface area contributed by atoms with Crippen LogP contribution in [0.1, 0.15) is 28.4 Å². The number of para-hydroxylation sites is 1. The molecule has 0 saturated heterocycles. The summed E-state index contributed by atoms with van der Waals surface area (Å²) in [6.45, 7) is 1.99. The second-order valence-electron chi connectivity index (χ2n) is 6.20. The second kappa shape index (κ2) is 9.45. The number of halogens is 2. The molecule has 0 unspecified atom stereocenters. The monoisotopic (exact) mass is 428 g/mol. The number of phenols is 1. The van der Waals surface area contributed by atoms with Gasteiger partial charge in [-0.3, -0.25) is 4.79 Å². The topological polar surface area (TPSA) is 70.9 Å². The molecule has 0 aromatic heterocycles. The second-order valence-corrected chi connectivity index (χ2v) is 7.05. The molecule has 0 aliphatic heterocycles. The van der Waals surface area contributed by atoms with Crippen LogP contribution in [0.5, 0.6) is 11.5 Å². The molecule has 0 aliphatic rings. The highest BCUT2D eigenvalue weighted by molar-refractivity contribution is 6.35. The van der Waals surface area contributed by atoms with E-state index < -0.39 is 0 Å². The summed E-state index contributed by atoms with van der Waals surface area (Å²) < 4.78 is 5.70. The number of hydrogen-bond donors (Lipinski definition) is 2. The molecule has 0 bridgehead atoms. The number of carbonyl (C=O) groups excluding carboxylic acids is 1. The Morgan fingerprint density at radius 2 is 1.79 bits per heavy atom. The minimum atomic E-state index is -0.368. The van der Waals surface area contributed by atoms with Crippen molar-refractivity contribution >= 4 is 34.8 Å². The van der Waals surface area contributed by atoms with Gasteiger partial charge in [-0.25, -0.2) is 5.43 Å². The fourth-order valence-electron chi connectivity index (χ4n) is 2.54. The summed E-state index contributed by atoms with van der Waals surface area (Å²) in [4.78, 5) is 12.3. The van der Waals surface area contributed by atoms with Gasteiger partial charge in [0.25, 0.3) is 5.91 Å². The zero-order valence-corrected chi connectivity index (χ0v) is 17.0. The van der Waals surface area contributed by atoms with Gasteiger partial charge in [0.1, 0.15) is 18.1 Å². The van der Waals surface area contributed by atoms with E-state index in [0.29, 0.717) is 32.6 Å². The smallest absolute Gasteiger partial charge is 0.271 e. The van der Waals surface area contributed by atoms with Crippen LogP contribution in [-0.4, -0.2) is 16.7 Å². The summed E-state index contributed by atoms with van der Waals surface area (Å²) in [5.74, 6) is 0.332. The number of amides is 1. The van der Waals surface area contributed by atoms with Crippen molar-refractivity contribution in [2.45, 2.75) is 13.5 Å². The van der Waals surface area contributed by atoms with Crippen LogP contribution in [0.15, 0.2) is 71.8 Å². The zero-order chi connectivity index (χ0) is 20.8. The Morgan fingerprint density at radius 3 is 2.48 bits per heavy atom. The number of benzene rings is 3. The minimum absolute atomic E-state index is 0.102. The highest BCUT2D eigenvalue weighted by Crippen LogP contribution is 2.23. The number of ether oxygens (including phenoxy) is 1. The van der Waals surface area contributed by atoms with Gasteiger partial charge in [-0.05, 0) is 55.5 Å². The summed E-state index contributed by atoms with van der Waals surface area (Å²) in [7, 11) is 0. The zero-order valence-electron chi connectivity index (χ0n) is 15.5. The van der Waals surface area contributed by atoms with Crippen LogP contribution in [-0.2, 0) is 6.61 Å². The van der Waals surface area contributed by atoms with Crippen LogP contribution in [0, 0.1) is 0 Å². The molecular formula is C22H18Cl2N2O3. The molecule has 3 aromatic carbocycles. The van der Waals surface area contributed by atoms with Gasteiger partial charge in [-0.15, -0.1) is 0 Å². The molecule has 3 rings (SSSR count). The molecule has 0 radical (unpaired) electrons. The van der Waals surface area contributed by atoms with Gasteiger partial charge in [0.2, 0.25) is 0 Å². The predicted molar refractivity (Wildman–Crippen MR) is 115 cm³/mol. The van der Waals surface area contributed by atoms with Crippen LogP contribution in [0.25, 0.3) is 0 Å². The number of nitrogens with one attached hydrogen (secondary N) is 1. The van der Waals surface area contributed by atoms with E-state index in [2.05, 4.69) is 10.5 Å². The number of aromatic hydroxyl groups is 1. The SMILES string of the molecule is C/C(=N/NC(=O)c1ccc(OCc2ccc(Cl)cc2Cl)cc1)c1ccccc1O. The number of hydrazone groups is 1. The van der Waals surface area contributed by atoms with Gasteiger partial charge in [-0.2, -0.15) is 5.10 Å². The molecule has 0 spiro atoms. The number of rotatable bonds is 6. The van der Waals surface area contributed by atoms with E-state index in [9.17, 15) is 9.90 Å². The summed E-state index contributed by atoms with van der Waals surface area (Å²) >= 11 is 12.0. The highest BCUT2D eigenvalue weighted by atomic mass is 35.5. The van der Waals surface area contributed by atoms with Crippen LogP contribution in [0.2, 0.25) is 10.0 Å². The fourth-order valence-corrected chi connectivity index (χ4v) is 3.00. The molecule has 0 saturated carbocycles. The first-order valence-electron chi connectivity index (χ1n) is 8.74. The quantitative estimate of drug-likeness (QED) is 0.405. The third-order valence-electron chi connectivity index (χ3n) is 4.14. The highest BCUT2D eigenvalue weighted by Gasteiger charge is 2.08. The van der Waals surface area contributed by atoms with E-state index in [-0.39, 0.29) is 18.3 Å². The number of hydrogen-bond acceptors (Lipinski definition) is 4. The number of phenolic OH excluding ortho intramolecular Hbond substituents is 1. The average molecular weight is 429 g/mol. The molecule has 7 heteroatoms. The van der Waals surface area contributed by atoms with Crippen LogP contribution >= 0.6 is 23.2 Å². The van der Waals surface area contributed by atoms with Gasteiger partial charge < -0.3 is 9.84 Å². The lowest BCUT2D eigenvalue weighted by atomic mass is 10.1. The van der Waals surface area contributed by atoms with Gasteiger partial charge in [0.05, 0.1) is 5.71 Å². The maximum absolute atomic E-state index is 12.3. The van der Waals surface area contributed by atoms with Crippen LogP contribution in [0.4, 0.5) is 0 Å². The van der Waals surface area contributed by atoms with E-state index >= 15 is 0 Å². The number of carbonyl (C=O) groups is 1. The lowest BCUT2D eigenvalue weighted by Gasteiger charge is -2.09. The predicted octanol–water partition coefficient (Wildman–Crippen LogP) is 5.43. The third kappa shape index (κ3) is 5.50. The molecular weight excluding hydrogens is 411 g/mol. The molecule has 148 valence electrons. The molecule has 2 N–H and O–H groups in total. The van der Waals surface area contributed by atoms with Crippen molar-refractivity contribution < 1.29 is 14.6 Å². The molecule has 29 heavy (non-hydrogen) atoms.